The highest BCUT2D eigenvalue weighted by molar-refractivity contribution is 6.08. The summed E-state index contributed by atoms with van der Waals surface area (Å²) in [6, 6.07) is 17.7. The van der Waals surface area contributed by atoms with Crippen LogP contribution in [0.4, 0.5) is 5.69 Å². The zero-order chi connectivity index (χ0) is 27.6. The van der Waals surface area contributed by atoms with Crippen molar-refractivity contribution in [2.75, 3.05) is 38.1 Å². The Labute approximate surface area is 232 Å². The van der Waals surface area contributed by atoms with Gasteiger partial charge in [0, 0.05) is 31.4 Å². The molecule has 2 unspecified atom stereocenters. The van der Waals surface area contributed by atoms with E-state index in [2.05, 4.69) is 28.4 Å². The Balaban J connectivity index is 1.25. The Morgan fingerprint density at radius 3 is 2.38 bits per heavy atom. The van der Waals surface area contributed by atoms with Gasteiger partial charge >= 0.3 is 0 Å². The highest BCUT2D eigenvalue weighted by Crippen LogP contribution is 2.43. The molecule has 0 spiro atoms. The van der Waals surface area contributed by atoms with Crippen molar-refractivity contribution in [3.8, 4) is 0 Å². The molecule has 0 aliphatic carbocycles. The zero-order valence-corrected chi connectivity index (χ0v) is 23.6. The van der Waals surface area contributed by atoms with Gasteiger partial charge in [-0.1, -0.05) is 48.5 Å². The largest absolute Gasteiger partial charge is 0.344 e. The van der Waals surface area contributed by atoms with Crippen LogP contribution in [-0.2, 0) is 26.2 Å². The molecule has 7 heteroatoms. The van der Waals surface area contributed by atoms with Crippen LogP contribution in [-0.4, -0.2) is 72.8 Å². The van der Waals surface area contributed by atoms with Crippen LogP contribution in [0.25, 0.3) is 0 Å². The molecule has 0 saturated carbocycles. The van der Waals surface area contributed by atoms with Crippen LogP contribution in [0.3, 0.4) is 0 Å². The van der Waals surface area contributed by atoms with Crippen LogP contribution in [0, 0.1) is 5.92 Å². The fourth-order valence-electron chi connectivity index (χ4n) is 6.55. The molecule has 3 aliphatic heterocycles. The first-order chi connectivity index (χ1) is 18.8. The van der Waals surface area contributed by atoms with Gasteiger partial charge < -0.3 is 20.0 Å². The number of carbonyl (C=O) groups is 3. The normalized spacial score (nSPS) is 22.4. The van der Waals surface area contributed by atoms with Crippen LogP contribution < -0.4 is 10.2 Å². The average molecular weight is 531 g/mol. The average Bonchev–Trinajstić information content (AvgIpc) is 3.16. The first kappa shape index (κ1) is 27.4. The summed E-state index contributed by atoms with van der Waals surface area (Å²) >= 11 is 0. The summed E-state index contributed by atoms with van der Waals surface area (Å²) in [5, 5.41) is 3.15. The van der Waals surface area contributed by atoms with Crippen LogP contribution in [0.15, 0.2) is 54.6 Å². The molecule has 39 heavy (non-hydrogen) atoms. The molecule has 3 aliphatic rings. The fraction of sp³-hybridized carbons (Fsp3) is 0.531. The number of aryl methyl sites for hydroxylation is 1. The van der Waals surface area contributed by atoms with Gasteiger partial charge in [0.15, 0.2) is 0 Å². The Hall–Kier alpha value is -3.19. The smallest absolute Gasteiger partial charge is 0.245 e. The van der Waals surface area contributed by atoms with E-state index in [-0.39, 0.29) is 29.7 Å². The number of amides is 3. The molecule has 5 rings (SSSR count). The topological polar surface area (TPSA) is 73.0 Å². The molecule has 0 aromatic heterocycles. The van der Waals surface area contributed by atoms with Crippen molar-refractivity contribution in [1.82, 2.24) is 15.1 Å². The number of hydrogen-bond donors (Lipinski definition) is 1. The quantitative estimate of drug-likeness (QED) is 0.592. The molecule has 0 radical (unpaired) electrons. The number of nitrogens with zero attached hydrogens (tertiary/aromatic N) is 3. The van der Waals surface area contributed by atoms with Gasteiger partial charge in [-0.05, 0) is 83.2 Å². The number of piperidine rings is 2. The maximum absolute atomic E-state index is 13.8. The van der Waals surface area contributed by atoms with Crippen molar-refractivity contribution in [2.24, 2.45) is 5.92 Å². The van der Waals surface area contributed by atoms with E-state index < -0.39 is 11.5 Å². The van der Waals surface area contributed by atoms with Gasteiger partial charge in [0.1, 0.15) is 6.04 Å². The number of benzene rings is 2. The molecule has 1 N–H and O–H groups in total. The number of hydrogen-bond acceptors (Lipinski definition) is 4. The van der Waals surface area contributed by atoms with E-state index in [9.17, 15) is 14.4 Å². The van der Waals surface area contributed by atoms with Crippen LogP contribution in [0.2, 0.25) is 0 Å². The van der Waals surface area contributed by atoms with E-state index in [4.69, 9.17) is 0 Å². The summed E-state index contributed by atoms with van der Waals surface area (Å²) in [5.41, 5.74) is 2.70. The maximum atomic E-state index is 13.8. The number of likely N-dealkylation sites (tertiary alicyclic amines) is 2. The van der Waals surface area contributed by atoms with E-state index in [1.807, 2.05) is 67.1 Å². The number of fused-ring (bicyclic) bond motifs is 1. The van der Waals surface area contributed by atoms with Gasteiger partial charge in [0.05, 0.1) is 11.3 Å². The maximum Gasteiger partial charge on any atom is 0.245 e. The molecular weight excluding hydrogens is 488 g/mol. The van der Waals surface area contributed by atoms with Crippen molar-refractivity contribution < 1.29 is 14.4 Å². The molecule has 2 aromatic carbocycles. The van der Waals surface area contributed by atoms with Gasteiger partial charge in [-0.15, -0.1) is 0 Å². The predicted octanol–water partition coefficient (Wildman–Crippen LogP) is 3.76. The highest BCUT2D eigenvalue weighted by atomic mass is 16.2. The Kier molecular flexibility index (Phi) is 8.08. The summed E-state index contributed by atoms with van der Waals surface area (Å²) in [6.45, 7) is 6.90. The van der Waals surface area contributed by atoms with Crippen molar-refractivity contribution >= 4 is 23.4 Å². The molecule has 208 valence electrons. The summed E-state index contributed by atoms with van der Waals surface area (Å²) < 4.78 is 0. The SMILES string of the molecule is CN1CCCC(C(=O)NC(CCc2ccccc2)C(=O)N2CCC(N3C(=O)C(C)(C)c4ccccc43)CC2)C1. The lowest BCUT2D eigenvalue weighted by Crippen LogP contribution is -2.55. The van der Waals surface area contributed by atoms with Crippen molar-refractivity contribution in [1.29, 1.82) is 0 Å². The Morgan fingerprint density at radius 2 is 1.67 bits per heavy atom. The third kappa shape index (κ3) is 5.74. The van der Waals surface area contributed by atoms with E-state index in [0.29, 0.717) is 19.5 Å². The molecule has 2 fully saturated rings. The molecular formula is C32H42N4O3. The number of para-hydroxylation sites is 1. The number of rotatable bonds is 7. The third-order valence-corrected chi connectivity index (χ3v) is 8.91. The molecule has 2 saturated heterocycles. The van der Waals surface area contributed by atoms with Crippen LogP contribution >= 0.6 is 0 Å². The lowest BCUT2D eigenvalue weighted by atomic mass is 9.86. The number of carbonyl (C=O) groups excluding carboxylic acids is 3. The second-order valence-electron chi connectivity index (χ2n) is 12.1. The summed E-state index contributed by atoms with van der Waals surface area (Å²) in [4.78, 5) is 46.5. The van der Waals surface area contributed by atoms with E-state index in [0.717, 1.165) is 62.0 Å². The van der Waals surface area contributed by atoms with Crippen LogP contribution in [0.5, 0.6) is 0 Å². The summed E-state index contributed by atoms with van der Waals surface area (Å²) in [7, 11) is 2.05. The Bertz CT molecular complexity index is 1190. The Morgan fingerprint density at radius 1 is 0.974 bits per heavy atom. The van der Waals surface area contributed by atoms with Gasteiger partial charge in [0.25, 0.3) is 0 Å². The monoisotopic (exact) mass is 530 g/mol. The molecule has 2 atom stereocenters. The fourth-order valence-corrected chi connectivity index (χ4v) is 6.55. The second kappa shape index (κ2) is 11.5. The van der Waals surface area contributed by atoms with E-state index in [1.165, 1.54) is 0 Å². The van der Waals surface area contributed by atoms with Gasteiger partial charge in [0.2, 0.25) is 17.7 Å². The molecule has 3 amide bonds. The first-order valence-electron chi connectivity index (χ1n) is 14.5. The summed E-state index contributed by atoms with van der Waals surface area (Å²) in [6.07, 6.45) is 4.63. The van der Waals surface area contributed by atoms with E-state index in [1.54, 1.807) is 0 Å². The minimum absolute atomic E-state index is 0.00428. The molecule has 2 aromatic rings. The highest BCUT2D eigenvalue weighted by Gasteiger charge is 2.47. The lowest BCUT2D eigenvalue weighted by Gasteiger charge is -2.39. The van der Waals surface area contributed by atoms with Crippen LogP contribution in [0.1, 0.15) is 57.1 Å². The van der Waals surface area contributed by atoms with Crippen molar-refractivity contribution in [3.05, 3.63) is 65.7 Å². The number of anilines is 1. The number of nitrogens with one attached hydrogen (secondary N) is 1. The standard InChI is InChI=1S/C32H42N4O3/c1-32(2)26-13-7-8-14-28(26)36(31(32)39)25-17-20-35(21-18-25)30(38)27(16-15-23-10-5-4-6-11-23)33-29(37)24-12-9-19-34(3)22-24/h4-8,10-11,13-14,24-25,27H,9,12,15-22H2,1-3H3,(H,33,37). The zero-order valence-electron chi connectivity index (χ0n) is 23.6. The minimum Gasteiger partial charge on any atom is -0.344 e. The van der Waals surface area contributed by atoms with E-state index >= 15 is 0 Å². The molecule has 7 nitrogen and oxygen atoms in total. The molecule has 3 heterocycles. The lowest BCUT2D eigenvalue weighted by molar-refractivity contribution is -0.139. The molecule has 0 bridgehead atoms. The third-order valence-electron chi connectivity index (χ3n) is 8.91. The van der Waals surface area contributed by atoms with Crippen molar-refractivity contribution in [3.63, 3.8) is 0 Å². The predicted molar refractivity (Wildman–Crippen MR) is 153 cm³/mol. The van der Waals surface area contributed by atoms with Gasteiger partial charge in [-0.25, -0.2) is 0 Å². The van der Waals surface area contributed by atoms with Gasteiger partial charge in [-0.3, -0.25) is 14.4 Å². The van der Waals surface area contributed by atoms with Gasteiger partial charge in [-0.2, -0.15) is 0 Å². The first-order valence-corrected chi connectivity index (χ1v) is 14.5. The minimum atomic E-state index is -0.547. The van der Waals surface area contributed by atoms with Crippen molar-refractivity contribution in [2.45, 2.75) is 69.9 Å². The summed E-state index contributed by atoms with van der Waals surface area (Å²) in [5.74, 6) is 0.0461. The second-order valence-corrected chi connectivity index (χ2v) is 12.1.